The summed E-state index contributed by atoms with van der Waals surface area (Å²) in [5.74, 6) is 0.858. The van der Waals surface area contributed by atoms with E-state index in [9.17, 15) is 4.79 Å². The fourth-order valence-corrected chi connectivity index (χ4v) is 4.05. The largest absolute Gasteiger partial charge is 0.334 e. The number of aryl methyl sites for hydroxylation is 2. The zero-order valence-electron chi connectivity index (χ0n) is 13.2. The summed E-state index contributed by atoms with van der Waals surface area (Å²) in [5.41, 5.74) is 7.19. The molecule has 2 rings (SSSR count). The Bertz CT molecular complexity index is 475. The summed E-state index contributed by atoms with van der Waals surface area (Å²) < 4.78 is 0. The van der Waals surface area contributed by atoms with Crippen LogP contribution in [-0.4, -0.2) is 29.9 Å². The molecule has 3 nitrogen and oxygen atoms in total. The summed E-state index contributed by atoms with van der Waals surface area (Å²) in [5, 5.41) is 0. The molecule has 0 bridgehead atoms. The lowest BCUT2D eigenvalue weighted by Crippen LogP contribution is -2.49. The Morgan fingerprint density at radius 2 is 2.24 bits per heavy atom. The number of thiophene rings is 1. The van der Waals surface area contributed by atoms with Crippen molar-refractivity contribution in [2.45, 2.75) is 52.5 Å². The van der Waals surface area contributed by atoms with E-state index in [1.165, 1.54) is 10.4 Å². The maximum atomic E-state index is 12.7. The van der Waals surface area contributed by atoms with Crippen LogP contribution in [0.3, 0.4) is 0 Å². The number of carbonyl (C=O) groups is 1. The quantitative estimate of drug-likeness (QED) is 0.916. The van der Waals surface area contributed by atoms with Crippen LogP contribution in [0.2, 0.25) is 0 Å². The molecule has 1 aromatic rings. The van der Waals surface area contributed by atoms with E-state index in [1.54, 1.807) is 11.3 Å². The number of hydrogen-bond acceptors (Lipinski definition) is 3. The highest BCUT2D eigenvalue weighted by Crippen LogP contribution is 2.28. The molecular weight excluding hydrogens is 304 g/mol. The highest BCUT2D eigenvalue weighted by molar-refractivity contribution is 7.14. The van der Waals surface area contributed by atoms with Crippen molar-refractivity contribution in [3.8, 4) is 0 Å². The van der Waals surface area contributed by atoms with Crippen molar-refractivity contribution >= 4 is 29.7 Å². The smallest absolute Gasteiger partial charge is 0.264 e. The van der Waals surface area contributed by atoms with Gasteiger partial charge in [0.05, 0.1) is 4.88 Å². The average Bonchev–Trinajstić information content (AvgIpc) is 2.80. The number of rotatable bonds is 4. The maximum absolute atomic E-state index is 12.7. The van der Waals surface area contributed by atoms with Gasteiger partial charge in [-0.3, -0.25) is 4.79 Å². The van der Waals surface area contributed by atoms with Crippen LogP contribution in [0.1, 0.15) is 53.2 Å². The molecule has 0 radical (unpaired) electrons. The molecule has 0 saturated carbocycles. The number of nitrogens with zero attached hydrogens (tertiary/aromatic N) is 1. The Kier molecular flexibility index (Phi) is 7.17. The van der Waals surface area contributed by atoms with E-state index in [4.69, 9.17) is 5.73 Å². The van der Waals surface area contributed by atoms with Crippen molar-refractivity contribution in [3.63, 3.8) is 0 Å². The van der Waals surface area contributed by atoms with Gasteiger partial charge in [0, 0.05) is 24.0 Å². The summed E-state index contributed by atoms with van der Waals surface area (Å²) >= 11 is 1.64. The van der Waals surface area contributed by atoms with Crippen LogP contribution in [0.25, 0.3) is 0 Å². The van der Waals surface area contributed by atoms with Gasteiger partial charge in [-0.2, -0.15) is 0 Å². The summed E-state index contributed by atoms with van der Waals surface area (Å²) in [6, 6.07) is 2.31. The number of halogens is 1. The normalized spacial score (nSPS) is 22.0. The van der Waals surface area contributed by atoms with E-state index < -0.39 is 0 Å². The molecule has 1 saturated heterocycles. The minimum absolute atomic E-state index is 0. The first kappa shape index (κ1) is 18.5. The molecule has 0 spiro atoms. The first-order valence-electron chi connectivity index (χ1n) is 7.67. The Labute approximate surface area is 138 Å². The van der Waals surface area contributed by atoms with Crippen LogP contribution >= 0.6 is 23.7 Å². The molecule has 2 atom stereocenters. The molecule has 1 aliphatic rings. The van der Waals surface area contributed by atoms with Gasteiger partial charge < -0.3 is 10.6 Å². The zero-order chi connectivity index (χ0) is 14.7. The molecule has 1 amide bonds. The van der Waals surface area contributed by atoms with E-state index in [2.05, 4.69) is 26.8 Å². The first-order chi connectivity index (χ1) is 9.56. The monoisotopic (exact) mass is 330 g/mol. The first-order valence-corrected chi connectivity index (χ1v) is 8.48. The number of carbonyl (C=O) groups excluding carboxylic acids is 1. The molecule has 120 valence electrons. The van der Waals surface area contributed by atoms with Gasteiger partial charge in [-0.1, -0.05) is 20.3 Å². The molecule has 21 heavy (non-hydrogen) atoms. The predicted molar refractivity (Wildman–Crippen MR) is 92.6 cm³/mol. The van der Waals surface area contributed by atoms with E-state index in [0.717, 1.165) is 37.1 Å². The summed E-state index contributed by atoms with van der Waals surface area (Å²) in [6.45, 7) is 7.96. The molecule has 1 fully saturated rings. The van der Waals surface area contributed by atoms with Gasteiger partial charge in [-0.25, -0.2) is 0 Å². The SMILES string of the molecule is CCCc1cc(C(=O)N2CCC(C)CC2CN)sc1C.Cl. The second-order valence-electron chi connectivity index (χ2n) is 5.96. The minimum atomic E-state index is 0. The summed E-state index contributed by atoms with van der Waals surface area (Å²) in [4.78, 5) is 16.9. The number of amides is 1. The zero-order valence-corrected chi connectivity index (χ0v) is 14.9. The highest BCUT2D eigenvalue weighted by Gasteiger charge is 2.30. The molecule has 0 aliphatic carbocycles. The van der Waals surface area contributed by atoms with Crippen molar-refractivity contribution in [2.75, 3.05) is 13.1 Å². The van der Waals surface area contributed by atoms with Crippen LogP contribution in [0.4, 0.5) is 0 Å². The third-order valence-corrected chi connectivity index (χ3v) is 5.34. The van der Waals surface area contributed by atoms with Crippen LogP contribution in [0.5, 0.6) is 0 Å². The van der Waals surface area contributed by atoms with Crippen LogP contribution in [0, 0.1) is 12.8 Å². The topological polar surface area (TPSA) is 46.3 Å². The number of nitrogens with two attached hydrogens (primary N) is 1. The third kappa shape index (κ3) is 4.21. The number of piperidine rings is 1. The fraction of sp³-hybridized carbons (Fsp3) is 0.688. The lowest BCUT2D eigenvalue weighted by molar-refractivity contribution is 0.0578. The van der Waals surface area contributed by atoms with E-state index in [1.807, 2.05) is 4.90 Å². The van der Waals surface area contributed by atoms with Gasteiger partial charge in [0.15, 0.2) is 0 Å². The van der Waals surface area contributed by atoms with Gasteiger partial charge >= 0.3 is 0 Å². The van der Waals surface area contributed by atoms with Gasteiger partial charge in [-0.05, 0) is 43.7 Å². The van der Waals surface area contributed by atoms with Crippen molar-refractivity contribution in [3.05, 3.63) is 21.4 Å². The Hall–Kier alpha value is -0.580. The third-order valence-electron chi connectivity index (χ3n) is 4.26. The average molecular weight is 331 g/mol. The Balaban J connectivity index is 0.00000220. The van der Waals surface area contributed by atoms with Gasteiger partial charge in [0.1, 0.15) is 0 Å². The molecular formula is C16H27ClN2OS. The molecule has 5 heteroatoms. The highest BCUT2D eigenvalue weighted by atomic mass is 35.5. The number of likely N-dealkylation sites (tertiary alicyclic amines) is 1. The van der Waals surface area contributed by atoms with Gasteiger partial charge in [0.25, 0.3) is 5.91 Å². The second kappa shape index (κ2) is 8.16. The molecule has 2 heterocycles. The fourth-order valence-electron chi connectivity index (χ4n) is 3.03. The maximum Gasteiger partial charge on any atom is 0.264 e. The van der Waals surface area contributed by atoms with E-state index in [0.29, 0.717) is 12.5 Å². The van der Waals surface area contributed by atoms with Crippen LogP contribution < -0.4 is 5.73 Å². The summed E-state index contributed by atoms with van der Waals surface area (Å²) in [6.07, 6.45) is 4.31. The minimum Gasteiger partial charge on any atom is -0.334 e. The number of hydrogen-bond donors (Lipinski definition) is 1. The van der Waals surface area contributed by atoms with Crippen molar-refractivity contribution < 1.29 is 4.79 Å². The predicted octanol–water partition coefficient (Wildman–Crippen LogP) is 3.63. The van der Waals surface area contributed by atoms with Crippen molar-refractivity contribution in [1.82, 2.24) is 4.90 Å². The Morgan fingerprint density at radius 1 is 1.52 bits per heavy atom. The van der Waals surface area contributed by atoms with Crippen LogP contribution in [-0.2, 0) is 6.42 Å². The van der Waals surface area contributed by atoms with Gasteiger partial charge in [-0.15, -0.1) is 23.7 Å². The van der Waals surface area contributed by atoms with E-state index in [-0.39, 0.29) is 24.4 Å². The molecule has 1 aliphatic heterocycles. The lowest BCUT2D eigenvalue weighted by Gasteiger charge is -2.37. The van der Waals surface area contributed by atoms with Crippen molar-refractivity contribution in [1.29, 1.82) is 0 Å². The standard InChI is InChI=1S/C16H26N2OS.ClH/c1-4-5-13-9-15(20-12(13)3)16(19)18-7-6-11(2)8-14(18)10-17;/h9,11,14H,4-8,10,17H2,1-3H3;1H. The molecule has 0 aromatic carbocycles. The molecule has 2 N–H and O–H groups in total. The Morgan fingerprint density at radius 3 is 2.86 bits per heavy atom. The van der Waals surface area contributed by atoms with E-state index >= 15 is 0 Å². The van der Waals surface area contributed by atoms with Crippen molar-refractivity contribution in [2.24, 2.45) is 11.7 Å². The molecule has 2 unspecified atom stereocenters. The second-order valence-corrected chi connectivity index (χ2v) is 7.22. The van der Waals surface area contributed by atoms with Crippen LogP contribution in [0.15, 0.2) is 6.07 Å². The molecule has 1 aromatic heterocycles. The summed E-state index contributed by atoms with van der Waals surface area (Å²) in [7, 11) is 0. The lowest BCUT2D eigenvalue weighted by atomic mass is 9.92. The van der Waals surface area contributed by atoms with Gasteiger partial charge in [0.2, 0.25) is 0 Å².